The summed E-state index contributed by atoms with van der Waals surface area (Å²) in [4.78, 5) is 18.9. The van der Waals surface area contributed by atoms with Gasteiger partial charge >= 0.3 is 0 Å². The van der Waals surface area contributed by atoms with Gasteiger partial charge in [-0.15, -0.1) is 0 Å². The van der Waals surface area contributed by atoms with Crippen molar-refractivity contribution >= 4 is 5.69 Å². The van der Waals surface area contributed by atoms with Crippen LogP contribution in [0.1, 0.15) is 48.2 Å². The second-order valence-electron chi connectivity index (χ2n) is 9.77. The summed E-state index contributed by atoms with van der Waals surface area (Å²) in [7, 11) is 1.60. The summed E-state index contributed by atoms with van der Waals surface area (Å²) < 4.78 is 5.78. The van der Waals surface area contributed by atoms with E-state index in [0.29, 0.717) is 11.3 Å². The van der Waals surface area contributed by atoms with Crippen molar-refractivity contribution in [2.45, 2.75) is 37.5 Å². The molecule has 0 aromatic heterocycles. The largest absolute Gasteiger partial charge is 0.496 e. The molecular weight excluding hydrogens is 464 g/mol. The molecule has 5 rings (SSSR count). The number of benzene rings is 4. The standard InChI is InChI=1S/C31H30N2O4/c1-31(2,23-15-9-5-10-16-23)24-19-20-27(36-3)26(21-24)28-29(33(34)35)30(22-13-7-4-8-14-22)37-32(28)25-17-11-6-12-18-25/h4-21,28-30H,1-3H3/t28-,29-,30+/m1/s1. The van der Waals surface area contributed by atoms with E-state index in [-0.39, 0.29) is 10.3 Å². The van der Waals surface area contributed by atoms with Crippen LogP contribution in [0, 0.1) is 10.1 Å². The Kier molecular flexibility index (Phi) is 6.68. The summed E-state index contributed by atoms with van der Waals surface area (Å²) in [6, 6.07) is 33.4. The fraction of sp³-hybridized carbons (Fsp3) is 0.226. The summed E-state index contributed by atoms with van der Waals surface area (Å²) in [5.74, 6) is 0.586. The first kappa shape index (κ1) is 24.5. The molecule has 0 bridgehead atoms. The van der Waals surface area contributed by atoms with Crippen molar-refractivity contribution in [3.8, 4) is 5.75 Å². The van der Waals surface area contributed by atoms with Gasteiger partial charge in [-0.3, -0.25) is 15.0 Å². The van der Waals surface area contributed by atoms with E-state index in [1.165, 1.54) is 0 Å². The van der Waals surface area contributed by atoms with Crippen molar-refractivity contribution in [1.29, 1.82) is 0 Å². The van der Waals surface area contributed by atoms with Gasteiger partial charge in [0.05, 0.1) is 12.8 Å². The molecule has 0 saturated carbocycles. The lowest BCUT2D eigenvalue weighted by Crippen LogP contribution is -2.33. The molecule has 0 aliphatic carbocycles. The molecule has 0 spiro atoms. The van der Waals surface area contributed by atoms with Crippen molar-refractivity contribution in [1.82, 2.24) is 0 Å². The zero-order valence-electron chi connectivity index (χ0n) is 21.2. The Balaban J connectivity index is 1.69. The molecule has 37 heavy (non-hydrogen) atoms. The minimum atomic E-state index is -1.06. The second-order valence-corrected chi connectivity index (χ2v) is 9.77. The molecule has 0 amide bonds. The van der Waals surface area contributed by atoms with Crippen LogP contribution in [0.25, 0.3) is 0 Å². The molecule has 1 aliphatic heterocycles. The molecule has 188 valence electrons. The summed E-state index contributed by atoms with van der Waals surface area (Å²) in [5.41, 5.74) is 4.07. The van der Waals surface area contributed by atoms with E-state index in [9.17, 15) is 10.1 Å². The highest BCUT2D eigenvalue weighted by Crippen LogP contribution is 2.49. The average molecular weight is 495 g/mol. The third kappa shape index (κ3) is 4.56. The highest BCUT2D eigenvalue weighted by atomic mass is 16.7. The predicted molar refractivity (Wildman–Crippen MR) is 144 cm³/mol. The molecule has 4 aromatic rings. The van der Waals surface area contributed by atoms with Crippen LogP contribution in [0.3, 0.4) is 0 Å². The van der Waals surface area contributed by atoms with Gasteiger partial charge in [0.2, 0.25) is 0 Å². The fourth-order valence-electron chi connectivity index (χ4n) is 5.16. The number of anilines is 1. The molecule has 6 nitrogen and oxygen atoms in total. The first-order chi connectivity index (χ1) is 17.9. The van der Waals surface area contributed by atoms with E-state index in [0.717, 1.165) is 22.4 Å². The molecule has 4 aromatic carbocycles. The van der Waals surface area contributed by atoms with E-state index >= 15 is 0 Å². The van der Waals surface area contributed by atoms with Crippen LogP contribution in [0.5, 0.6) is 5.75 Å². The lowest BCUT2D eigenvalue weighted by Gasteiger charge is -2.30. The number of methoxy groups -OCH3 is 1. The lowest BCUT2D eigenvalue weighted by atomic mass is 9.77. The predicted octanol–water partition coefficient (Wildman–Crippen LogP) is 6.90. The zero-order chi connectivity index (χ0) is 26.0. The quantitative estimate of drug-likeness (QED) is 0.207. The van der Waals surface area contributed by atoms with E-state index in [1.54, 1.807) is 12.2 Å². The van der Waals surface area contributed by atoms with E-state index in [1.807, 2.05) is 97.1 Å². The minimum Gasteiger partial charge on any atom is -0.496 e. The van der Waals surface area contributed by atoms with Crippen LogP contribution in [-0.4, -0.2) is 18.1 Å². The van der Waals surface area contributed by atoms with Gasteiger partial charge in [0, 0.05) is 15.9 Å². The van der Waals surface area contributed by atoms with Crippen LogP contribution < -0.4 is 9.80 Å². The zero-order valence-corrected chi connectivity index (χ0v) is 21.2. The Morgan fingerprint density at radius 3 is 2.03 bits per heavy atom. The van der Waals surface area contributed by atoms with Crippen molar-refractivity contribution in [2.24, 2.45) is 0 Å². The van der Waals surface area contributed by atoms with Crippen molar-refractivity contribution in [3.05, 3.63) is 142 Å². The maximum Gasteiger partial charge on any atom is 0.272 e. The third-order valence-corrected chi connectivity index (χ3v) is 7.26. The normalized spacial score (nSPS) is 19.5. The first-order valence-corrected chi connectivity index (χ1v) is 12.3. The van der Waals surface area contributed by atoms with E-state index in [4.69, 9.17) is 9.57 Å². The number of hydrogen-bond donors (Lipinski definition) is 0. The lowest BCUT2D eigenvalue weighted by molar-refractivity contribution is -0.531. The Bertz CT molecular complexity index is 1360. The number of para-hydroxylation sites is 1. The van der Waals surface area contributed by atoms with E-state index in [2.05, 4.69) is 26.0 Å². The highest BCUT2D eigenvalue weighted by molar-refractivity contribution is 5.53. The molecule has 1 heterocycles. The molecule has 0 N–H and O–H groups in total. The van der Waals surface area contributed by atoms with Crippen LogP contribution in [-0.2, 0) is 10.3 Å². The molecular formula is C31H30N2O4. The maximum absolute atomic E-state index is 12.7. The Hall–Kier alpha value is -4.16. The van der Waals surface area contributed by atoms with Gasteiger partial charge in [0.15, 0.2) is 12.1 Å². The number of hydroxylamine groups is 1. The van der Waals surface area contributed by atoms with Gasteiger partial charge in [-0.1, -0.05) is 98.8 Å². The van der Waals surface area contributed by atoms with Crippen molar-refractivity contribution in [3.63, 3.8) is 0 Å². The average Bonchev–Trinajstić information content (AvgIpc) is 3.35. The molecule has 1 saturated heterocycles. The SMILES string of the molecule is COc1ccc(C(C)(C)c2ccccc2)cc1[C@@H]1[C@@H]([N+](=O)[O-])[C@H](c2ccccc2)ON1c1ccccc1. The van der Waals surface area contributed by atoms with Gasteiger partial charge < -0.3 is 4.74 Å². The molecule has 3 atom stereocenters. The van der Waals surface area contributed by atoms with Crippen LogP contribution in [0.4, 0.5) is 5.69 Å². The van der Waals surface area contributed by atoms with Crippen LogP contribution in [0.15, 0.2) is 109 Å². The minimum absolute atomic E-state index is 0.222. The monoisotopic (exact) mass is 494 g/mol. The summed E-state index contributed by atoms with van der Waals surface area (Å²) in [6.45, 7) is 4.32. The second kappa shape index (κ2) is 10.1. The fourth-order valence-corrected chi connectivity index (χ4v) is 5.16. The first-order valence-electron chi connectivity index (χ1n) is 12.3. The van der Waals surface area contributed by atoms with Crippen LogP contribution >= 0.6 is 0 Å². The Morgan fingerprint density at radius 2 is 1.43 bits per heavy atom. The van der Waals surface area contributed by atoms with Gasteiger partial charge in [-0.25, -0.2) is 5.06 Å². The molecule has 6 heteroatoms. The molecule has 1 fully saturated rings. The Labute approximate surface area is 217 Å². The van der Waals surface area contributed by atoms with Crippen LogP contribution in [0.2, 0.25) is 0 Å². The number of ether oxygens (including phenoxy) is 1. The van der Waals surface area contributed by atoms with Gasteiger partial charge in [0.25, 0.3) is 6.04 Å². The van der Waals surface area contributed by atoms with Gasteiger partial charge in [-0.05, 0) is 41.0 Å². The van der Waals surface area contributed by atoms with Crippen molar-refractivity contribution < 1.29 is 14.5 Å². The summed E-state index contributed by atoms with van der Waals surface area (Å²) >= 11 is 0. The Morgan fingerprint density at radius 1 is 0.838 bits per heavy atom. The smallest absolute Gasteiger partial charge is 0.272 e. The third-order valence-electron chi connectivity index (χ3n) is 7.26. The van der Waals surface area contributed by atoms with Gasteiger partial charge in [-0.2, -0.15) is 0 Å². The number of nitro groups is 1. The van der Waals surface area contributed by atoms with E-state index < -0.39 is 18.2 Å². The van der Waals surface area contributed by atoms with Crippen molar-refractivity contribution in [2.75, 3.05) is 12.2 Å². The maximum atomic E-state index is 12.7. The highest BCUT2D eigenvalue weighted by Gasteiger charge is 2.54. The molecule has 1 aliphatic rings. The number of hydrogen-bond acceptors (Lipinski definition) is 5. The molecule has 0 radical (unpaired) electrons. The molecule has 0 unspecified atom stereocenters. The van der Waals surface area contributed by atoms with Gasteiger partial charge in [0.1, 0.15) is 5.75 Å². The number of rotatable bonds is 7. The topological polar surface area (TPSA) is 64.8 Å². The summed E-state index contributed by atoms with van der Waals surface area (Å²) in [6.07, 6.45) is -0.767. The number of nitrogens with zero attached hydrogens (tertiary/aromatic N) is 2. The summed E-state index contributed by atoms with van der Waals surface area (Å²) in [5, 5.41) is 14.4.